The van der Waals surface area contributed by atoms with E-state index in [-0.39, 0.29) is 0 Å². The maximum Gasteiger partial charge on any atom is 0.268 e. The Morgan fingerprint density at radius 2 is 1.88 bits per heavy atom. The fourth-order valence-electron chi connectivity index (χ4n) is 2.64. The number of hydrogen-bond donors (Lipinski definition) is 0. The molecule has 0 aliphatic heterocycles. The van der Waals surface area contributed by atoms with Crippen LogP contribution in [-0.2, 0) is 10.0 Å². The average molecular weight is 371 g/mol. The van der Waals surface area contributed by atoms with E-state index in [4.69, 9.17) is 11.6 Å². The van der Waals surface area contributed by atoms with Crippen LogP contribution in [0.4, 0.5) is 5.69 Å². The largest absolute Gasteiger partial charge is 0.268 e. The lowest BCUT2D eigenvalue weighted by atomic mass is 10.0. The van der Waals surface area contributed by atoms with E-state index in [0.29, 0.717) is 5.69 Å². The summed E-state index contributed by atoms with van der Waals surface area (Å²) in [4.78, 5) is 9.63. The first kappa shape index (κ1) is 18.5. The van der Waals surface area contributed by atoms with Crippen molar-refractivity contribution in [2.45, 2.75) is 36.9 Å². The smallest absolute Gasteiger partial charge is 0.267 e. The van der Waals surface area contributed by atoms with E-state index in [1.165, 1.54) is 22.5 Å². The number of para-hydroxylation sites is 1. The highest BCUT2D eigenvalue weighted by molar-refractivity contribution is 7.93. The quantitative estimate of drug-likeness (QED) is 0.344. The van der Waals surface area contributed by atoms with Crippen molar-refractivity contribution in [2.24, 2.45) is 0 Å². The standard InChI is InChI=1S/C16H19ClN2O4S/c1-12(2)18(13-7-5-4-6-8-13)24(22,23)15-9-10-16(3,17)11-14(15)19(20)21/h4-12,15H,1-3H3. The molecule has 0 N–H and O–H groups in total. The van der Waals surface area contributed by atoms with Gasteiger partial charge in [-0.1, -0.05) is 30.4 Å². The van der Waals surface area contributed by atoms with Gasteiger partial charge in [0.2, 0.25) is 0 Å². The zero-order valence-corrected chi connectivity index (χ0v) is 15.2. The van der Waals surface area contributed by atoms with Crippen LogP contribution in [-0.4, -0.2) is 29.5 Å². The van der Waals surface area contributed by atoms with Crippen LogP contribution in [0.3, 0.4) is 0 Å². The number of nitrogens with zero attached hydrogens (tertiary/aromatic N) is 2. The molecule has 0 aromatic heterocycles. The zero-order chi connectivity index (χ0) is 18.1. The molecule has 1 aliphatic carbocycles. The molecule has 2 rings (SSSR count). The van der Waals surface area contributed by atoms with Crippen LogP contribution in [0, 0.1) is 10.1 Å². The molecule has 1 aromatic carbocycles. The lowest BCUT2D eigenvalue weighted by Crippen LogP contribution is -2.45. The van der Waals surface area contributed by atoms with Gasteiger partial charge in [-0.2, -0.15) is 0 Å². The number of hydrogen-bond acceptors (Lipinski definition) is 4. The van der Waals surface area contributed by atoms with Crippen LogP contribution < -0.4 is 4.31 Å². The topological polar surface area (TPSA) is 80.5 Å². The molecule has 0 bridgehead atoms. The first-order valence-corrected chi connectivity index (χ1v) is 9.28. The van der Waals surface area contributed by atoms with Gasteiger partial charge in [0.25, 0.3) is 15.7 Å². The van der Waals surface area contributed by atoms with Gasteiger partial charge >= 0.3 is 0 Å². The van der Waals surface area contributed by atoms with Gasteiger partial charge in [0, 0.05) is 12.1 Å². The van der Waals surface area contributed by atoms with Crippen LogP contribution in [0.2, 0.25) is 0 Å². The molecular formula is C16H19ClN2O4S. The molecule has 0 spiro atoms. The van der Waals surface area contributed by atoms with E-state index >= 15 is 0 Å². The highest BCUT2D eigenvalue weighted by Gasteiger charge is 2.43. The Morgan fingerprint density at radius 1 is 1.29 bits per heavy atom. The number of alkyl halides is 1. The van der Waals surface area contributed by atoms with Crippen molar-refractivity contribution >= 4 is 27.3 Å². The van der Waals surface area contributed by atoms with Gasteiger partial charge in [0.1, 0.15) is 0 Å². The minimum atomic E-state index is -4.04. The Bertz CT molecular complexity index is 786. The second-order valence-corrected chi connectivity index (χ2v) is 8.77. The molecule has 0 heterocycles. The molecular weight excluding hydrogens is 352 g/mol. The minimum absolute atomic E-state index is 0.400. The first-order valence-electron chi connectivity index (χ1n) is 7.40. The van der Waals surface area contributed by atoms with E-state index in [9.17, 15) is 18.5 Å². The lowest BCUT2D eigenvalue weighted by Gasteiger charge is -2.32. The summed E-state index contributed by atoms with van der Waals surface area (Å²) in [6.07, 6.45) is 3.94. The van der Waals surface area contributed by atoms with Crippen molar-refractivity contribution < 1.29 is 13.3 Å². The van der Waals surface area contributed by atoms with Crippen LogP contribution >= 0.6 is 11.6 Å². The van der Waals surface area contributed by atoms with Gasteiger partial charge in [-0.3, -0.25) is 14.4 Å². The molecule has 24 heavy (non-hydrogen) atoms. The van der Waals surface area contributed by atoms with Crippen molar-refractivity contribution in [3.05, 3.63) is 64.4 Å². The molecule has 130 valence electrons. The van der Waals surface area contributed by atoms with E-state index in [1.807, 2.05) is 0 Å². The monoisotopic (exact) mass is 370 g/mol. The minimum Gasteiger partial charge on any atom is -0.267 e. The molecule has 0 amide bonds. The first-order chi connectivity index (χ1) is 11.1. The van der Waals surface area contributed by atoms with Crippen molar-refractivity contribution in [3.63, 3.8) is 0 Å². The summed E-state index contributed by atoms with van der Waals surface area (Å²) in [6, 6.07) is 8.13. The number of benzene rings is 1. The van der Waals surface area contributed by atoms with Crippen LogP contribution in [0.15, 0.2) is 54.3 Å². The Morgan fingerprint density at radius 3 is 2.38 bits per heavy atom. The molecule has 6 nitrogen and oxygen atoms in total. The molecule has 0 saturated heterocycles. The van der Waals surface area contributed by atoms with Gasteiger partial charge in [-0.15, -0.1) is 11.6 Å². The molecule has 1 aromatic rings. The zero-order valence-electron chi connectivity index (χ0n) is 13.6. The van der Waals surface area contributed by atoms with E-state index < -0.39 is 36.8 Å². The van der Waals surface area contributed by atoms with Gasteiger partial charge in [0.05, 0.1) is 15.5 Å². The molecule has 0 radical (unpaired) electrons. The summed E-state index contributed by atoms with van der Waals surface area (Å²) in [5.41, 5.74) is 0.0272. The summed E-state index contributed by atoms with van der Waals surface area (Å²) in [6.45, 7) is 5.01. The normalized spacial score (nSPS) is 23.9. The number of allylic oxidation sites excluding steroid dienone is 2. The Labute approximate surface area is 146 Å². The van der Waals surface area contributed by atoms with Crippen LogP contribution in [0.25, 0.3) is 0 Å². The molecule has 2 atom stereocenters. The molecule has 0 saturated carbocycles. The highest BCUT2D eigenvalue weighted by atomic mass is 35.5. The summed E-state index contributed by atoms with van der Waals surface area (Å²) < 4.78 is 27.5. The van der Waals surface area contributed by atoms with Crippen molar-refractivity contribution in [1.82, 2.24) is 0 Å². The Hall–Kier alpha value is -1.86. The number of anilines is 1. The number of halogens is 1. The maximum absolute atomic E-state index is 13.1. The van der Waals surface area contributed by atoms with E-state index in [0.717, 1.165) is 0 Å². The number of rotatable bonds is 5. The van der Waals surface area contributed by atoms with Crippen LogP contribution in [0.5, 0.6) is 0 Å². The molecule has 8 heteroatoms. The summed E-state index contributed by atoms with van der Waals surface area (Å²) >= 11 is 6.11. The Balaban J connectivity index is 2.55. The number of sulfonamides is 1. The molecule has 2 unspecified atom stereocenters. The number of nitro groups is 1. The van der Waals surface area contributed by atoms with Crippen molar-refractivity contribution in [1.29, 1.82) is 0 Å². The fourth-order valence-corrected chi connectivity index (χ4v) is 4.81. The predicted molar refractivity (Wildman–Crippen MR) is 95.2 cm³/mol. The van der Waals surface area contributed by atoms with Gasteiger partial charge < -0.3 is 0 Å². The highest BCUT2D eigenvalue weighted by Crippen LogP contribution is 2.33. The van der Waals surface area contributed by atoms with Crippen LogP contribution in [0.1, 0.15) is 20.8 Å². The van der Waals surface area contributed by atoms with E-state index in [1.54, 1.807) is 51.1 Å². The third kappa shape index (κ3) is 3.62. The maximum atomic E-state index is 13.1. The summed E-state index contributed by atoms with van der Waals surface area (Å²) in [5, 5.41) is 10.0. The summed E-state index contributed by atoms with van der Waals surface area (Å²) in [7, 11) is -4.04. The van der Waals surface area contributed by atoms with Crippen molar-refractivity contribution in [3.8, 4) is 0 Å². The second kappa shape index (κ2) is 6.57. The van der Waals surface area contributed by atoms with E-state index in [2.05, 4.69) is 0 Å². The predicted octanol–water partition coefficient (Wildman–Crippen LogP) is 3.33. The van der Waals surface area contributed by atoms with Gasteiger partial charge in [-0.25, -0.2) is 8.42 Å². The molecule has 1 aliphatic rings. The molecule has 0 fully saturated rings. The third-order valence-corrected chi connectivity index (χ3v) is 6.06. The second-order valence-electron chi connectivity index (χ2n) is 6.03. The SMILES string of the molecule is CC(C)N(c1ccccc1)S(=O)(=O)C1C=CC(C)(Cl)C=C1[N+](=O)[O-]. The van der Waals surface area contributed by atoms with Gasteiger partial charge in [0.15, 0.2) is 5.25 Å². The third-order valence-electron chi connectivity index (χ3n) is 3.60. The summed E-state index contributed by atoms with van der Waals surface area (Å²) in [5.74, 6) is 0. The Kier molecular flexibility index (Phi) is 5.05. The fraction of sp³-hybridized carbons (Fsp3) is 0.375. The van der Waals surface area contributed by atoms with Gasteiger partial charge in [-0.05, 0) is 32.9 Å². The average Bonchev–Trinajstić information content (AvgIpc) is 2.46. The lowest BCUT2D eigenvalue weighted by molar-refractivity contribution is -0.426. The van der Waals surface area contributed by atoms with Crippen molar-refractivity contribution in [2.75, 3.05) is 4.31 Å².